The number of furan rings is 1. The molecule has 2 N–H and O–H groups in total. The van der Waals surface area contributed by atoms with Gasteiger partial charge in [0.2, 0.25) is 0 Å². The van der Waals surface area contributed by atoms with Gasteiger partial charge in [0.15, 0.2) is 0 Å². The number of carboxylic acid groups (broad SMARTS) is 1. The Labute approximate surface area is 174 Å². The molecule has 0 saturated heterocycles. The fourth-order valence-electron chi connectivity index (χ4n) is 2.36. The maximum atomic E-state index is 12.6. The molecule has 0 aliphatic carbocycles. The lowest BCUT2D eigenvalue weighted by molar-refractivity contribution is -0.305. The first-order valence-corrected chi connectivity index (χ1v) is 9.62. The van der Waals surface area contributed by atoms with Crippen molar-refractivity contribution >= 4 is 23.9 Å². The van der Waals surface area contributed by atoms with Crippen LogP contribution in [-0.2, 0) is 9.59 Å². The van der Waals surface area contributed by atoms with Gasteiger partial charge < -0.3 is 29.7 Å². The summed E-state index contributed by atoms with van der Waals surface area (Å²) in [6.07, 6.45) is 2.88. The average Bonchev–Trinajstić information content (AvgIpc) is 3.22. The molecule has 2 rings (SSSR count). The first-order valence-electron chi connectivity index (χ1n) is 9.62. The van der Waals surface area contributed by atoms with E-state index in [1.54, 1.807) is 36.4 Å². The molecule has 1 aromatic heterocycles. The van der Waals surface area contributed by atoms with Gasteiger partial charge in [-0.1, -0.05) is 13.8 Å². The summed E-state index contributed by atoms with van der Waals surface area (Å²) >= 11 is 0. The van der Waals surface area contributed by atoms with Crippen LogP contribution in [0.15, 0.2) is 52.8 Å². The number of amides is 2. The topological polar surface area (TPSA) is 121 Å². The van der Waals surface area contributed by atoms with Crippen LogP contribution in [0.1, 0.15) is 42.8 Å². The molecule has 0 atom stereocenters. The molecule has 0 aliphatic rings. The maximum Gasteiger partial charge on any atom is 0.267 e. The van der Waals surface area contributed by atoms with Crippen LogP contribution in [0.5, 0.6) is 5.75 Å². The predicted molar refractivity (Wildman–Crippen MR) is 108 cm³/mol. The Morgan fingerprint density at radius 1 is 1.17 bits per heavy atom. The third-order valence-corrected chi connectivity index (χ3v) is 3.87. The third-order valence-electron chi connectivity index (χ3n) is 3.87. The molecule has 0 aliphatic heterocycles. The quantitative estimate of drug-likeness (QED) is 0.428. The van der Waals surface area contributed by atoms with E-state index >= 15 is 0 Å². The Morgan fingerprint density at radius 2 is 1.90 bits per heavy atom. The fraction of sp³-hybridized carbons (Fsp3) is 0.318. The zero-order valence-electron chi connectivity index (χ0n) is 17.0. The van der Waals surface area contributed by atoms with Gasteiger partial charge in [-0.2, -0.15) is 0 Å². The lowest BCUT2D eigenvalue weighted by Crippen LogP contribution is -2.35. The smallest absolute Gasteiger partial charge is 0.267 e. The zero-order valence-corrected chi connectivity index (χ0v) is 17.0. The van der Waals surface area contributed by atoms with E-state index < -0.39 is 17.8 Å². The summed E-state index contributed by atoms with van der Waals surface area (Å²) in [6, 6.07) is 9.87. The molecule has 0 radical (unpaired) electrons. The molecular weight excluding hydrogens is 388 g/mol. The van der Waals surface area contributed by atoms with Crippen LogP contribution in [0.25, 0.3) is 6.08 Å². The normalized spacial score (nSPS) is 11.2. The minimum atomic E-state index is -1.19. The van der Waals surface area contributed by atoms with Crippen LogP contribution >= 0.6 is 0 Å². The van der Waals surface area contributed by atoms with Crippen molar-refractivity contribution in [2.75, 3.05) is 13.2 Å². The Morgan fingerprint density at radius 3 is 2.50 bits per heavy atom. The van der Waals surface area contributed by atoms with Gasteiger partial charge in [-0.15, -0.1) is 0 Å². The minimum Gasteiger partial charge on any atom is -0.550 e. The Bertz CT molecular complexity index is 870. The first-order chi connectivity index (χ1) is 14.3. The largest absolute Gasteiger partial charge is 0.550 e. The first kappa shape index (κ1) is 22.7. The number of nitrogens with one attached hydrogen (secondary N) is 2. The van der Waals surface area contributed by atoms with E-state index in [9.17, 15) is 19.5 Å². The molecule has 0 fully saturated rings. The molecule has 0 unspecified atom stereocenters. The number of aliphatic carboxylic acids is 1. The standard InChI is InChI=1S/C22H26N2O6/c1-15(2)14-30-17-9-7-16(8-10-17)21(27)24-19(13-18-5-4-12-29-18)22(28)23-11-3-6-20(25)26/h4-5,7-10,12-13,15H,3,6,11,14H2,1-2H3,(H,23,28)(H,24,27)(H,25,26)/p-1/b19-13-. The number of rotatable bonds is 11. The Hall–Kier alpha value is -3.55. The number of hydrogen-bond donors (Lipinski definition) is 2. The van der Waals surface area contributed by atoms with Crippen LogP contribution in [0.4, 0.5) is 0 Å². The number of carboxylic acids is 1. The summed E-state index contributed by atoms with van der Waals surface area (Å²) in [7, 11) is 0. The van der Waals surface area contributed by atoms with Crippen molar-refractivity contribution in [2.45, 2.75) is 26.7 Å². The number of carbonyl (C=O) groups excluding carboxylic acids is 3. The van der Waals surface area contributed by atoms with Crippen molar-refractivity contribution in [2.24, 2.45) is 5.92 Å². The van der Waals surface area contributed by atoms with Crippen molar-refractivity contribution in [3.05, 3.63) is 59.7 Å². The molecule has 1 heterocycles. The number of hydrogen-bond acceptors (Lipinski definition) is 6. The summed E-state index contributed by atoms with van der Waals surface area (Å²) < 4.78 is 10.8. The molecule has 2 amide bonds. The van der Waals surface area contributed by atoms with Crippen LogP contribution in [0, 0.1) is 5.92 Å². The molecular formula is C22H25N2O6-. The number of carbonyl (C=O) groups is 3. The van der Waals surface area contributed by atoms with Crippen LogP contribution in [-0.4, -0.2) is 30.9 Å². The van der Waals surface area contributed by atoms with Crippen molar-refractivity contribution < 1.29 is 28.6 Å². The SMILES string of the molecule is CC(C)COc1ccc(C(=O)N/C(=C\c2ccco2)C(=O)NCCCC(=O)[O-])cc1. The van der Waals surface area contributed by atoms with Crippen molar-refractivity contribution in [1.29, 1.82) is 0 Å². The fourth-order valence-corrected chi connectivity index (χ4v) is 2.36. The second kappa shape index (κ2) is 11.5. The lowest BCUT2D eigenvalue weighted by atomic mass is 10.2. The Balaban J connectivity index is 2.04. The summed E-state index contributed by atoms with van der Waals surface area (Å²) in [4.78, 5) is 35.5. The van der Waals surface area contributed by atoms with Crippen LogP contribution in [0.3, 0.4) is 0 Å². The molecule has 8 nitrogen and oxygen atoms in total. The van der Waals surface area contributed by atoms with Crippen LogP contribution in [0.2, 0.25) is 0 Å². The Kier molecular flexibility index (Phi) is 8.68. The molecule has 1 aromatic carbocycles. The summed E-state index contributed by atoms with van der Waals surface area (Å²) in [5.74, 6) is -0.815. The monoisotopic (exact) mass is 413 g/mol. The van der Waals surface area contributed by atoms with E-state index in [4.69, 9.17) is 9.15 Å². The summed E-state index contributed by atoms with van der Waals surface area (Å²) in [6.45, 7) is 4.77. The van der Waals surface area contributed by atoms with E-state index in [1.165, 1.54) is 12.3 Å². The van der Waals surface area contributed by atoms with Gasteiger partial charge in [-0.25, -0.2) is 0 Å². The van der Waals surface area contributed by atoms with E-state index in [2.05, 4.69) is 10.6 Å². The number of ether oxygens (including phenoxy) is 1. The molecule has 2 aromatic rings. The molecule has 8 heteroatoms. The lowest BCUT2D eigenvalue weighted by Gasteiger charge is -2.12. The van der Waals surface area contributed by atoms with Gasteiger partial charge in [0.1, 0.15) is 17.2 Å². The molecule has 0 saturated carbocycles. The highest BCUT2D eigenvalue weighted by molar-refractivity contribution is 6.05. The highest BCUT2D eigenvalue weighted by Gasteiger charge is 2.15. The van der Waals surface area contributed by atoms with E-state index in [1.807, 2.05) is 13.8 Å². The zero-order chi connectivity index (χ0) is 21.9. The number of benzene rings is 1. The third kappa shape index (κ3) is 7.83. The second-order valence-electron chi connectivity index (χ2n) is 6.99. The van der Waals surface area contributed by atoms with E-state index in [0.717, 1.165) is 0 Å². The van der Waals surface area contributed by atoms with Gasteiger partial charge in [0.05, 0.1) is 12.9 Å². The van der Waals surface area contributed by atoms with Gasteiger partial charge in [0.25, 0.3) is 11.8 Å². The minimum absolute atomic E-state index is 0.0245. The summed E-state index contributed by atoms with van der Waals surface area (Å²) in [5.41, 5.74) is 0.325. The highest BCUT2D eigenvalue weighted by Crippen LogP contribution is 2.14. The molecule has 160 valence electrons. The predicted octanol–water partition coefficient (Wildman–Crippen LogP) is 1.73. The molecule has 30 heavy (non-hydrogen) atoms. The van der Waals surface area contributed by atoms with Crippen molar-refractivity contribution in [3.63, 3.8) is 0 Å². The van der Waals surface area contributed by atoms with E-state index in [-0.39, 0.29) is 25.1 Å². The van der Waals surface area contributed by atoms with Crippen molar-refractivity contribution in [1.82, 2.24) is 10.6 Å². The van der Waals surface area contributed by atoms with Crippen molar-refractivity contribution in [3.8, 4) is 5.75 Å². The molecule has 0 spiro atoms. The summed E-state index contributed by atoms with van der Waals surface area (Å²) in [5, 5.41) is 15.6. The highest BCUT2D eigenvalue weighted by atomic mass is 16.5. The van der Waals surface area contributed by atoms with E-state index in [0.29, 0.717) is 29.6 Å². The average molecular weight is 413 g/mol. The molecule has 0 bridgehead atoms. The second-order valence-corrected chi connectivity index (χ2v) is 6.99. The van der Waals surface area contributed by atoms with Crippen LogP contribution < -0.4 is 20.5 Å². The van der Waals surface area contributed by atoms with Gasteiger partial charge in [-0.05, 0) is 55.2 Å². The maximum absolute atomic E-state index is 12.6. The van der Waals surface area contributed by atoms with Gasteiger partial charge in [0, 0.05) is 24.2 Å². The van der Waals surface area contributed by atoms with Gasteiger partial charge in [-0.3, -0.25) is 9.59 Å². The van der Waals surface area contributed by atoms with Gasteiger partial charge >= 0.3 is 0 Å².